The molecular formula is C29H31N3O3S. The molecule has 1 N–H and O–H groups in total. The Morgan fingerprint density at radius 3 is 2.67 bits per heavy atom. The molecule has 0 bridgehead atoms. The molecular weight excluding hydrogens is 470 g/mol. The summed E-state index contributed by atoms with van der Waals surface area (Å²) in [5, 5.41) is 13.5. The Morgan fingerprint density at radius 2 is 1.94 bits per heavy atom. The van der Waals surface area contributed by atoms with Crippen molar-refractivity contribution in [2.75, 3.05) is 11.9 Å². The molecule has 2 heterocycles. The molecule has 36 heavy (non-hydrogen) atoms. The molecule has 3 aromatic rings. The van der Waals surface area contributed by atoms with E-state index in [-0.39, 0.29) is 11.5 Å². The predicted molar refractivity (Wildman–Crippen MR) is 144 cm³/mol. The van der Waals surface area contributed by atoms with Gasteiger partial charge in [-0.2, -0.15) is 5.26 Å². The van der Waals surface area contributed by atoms with Crippen LogP contribution in [0, 0.1) is 39.0 Å². The Bertz CT molecular complexity index is 1420. The second kappa shape index (κ2) is 10.5. The summed E-state index contributed by atoms with van der Waals surface area (Å²) >= 11 is 1.64. The van der Waals surface area contributed by atoms with Crippen LogP contribution < -0.4 is 5.32 Å². The van der Waals surface area contributed by atoms with E-state index in [4.69, 9.17) is 4.74 Å². The zero-order valence-electron chi connectivity index (χ0n) is 21.4. The first-order valence-electron chi connectivity index (χ1n) is 12.3. The van der Waals surface area contributed by atoms with E-state index < -0.39 is 5.91 Å². The van der Waals surface area contributed by atoms with Gasteiger partial charge in [-0.05, 0) is 101 Å². The fourth-order valence-electron chi connectivity index (χ4n) is 4.75. The molecule has 0 saturated carbocycles. The fourth-order valence-corrected chi connectivity index (χ4v) is 6.24. The van der Waals surface area contributed by atoms with Crippen LogP contribution in [-0.2, 0) is 22.4 Å². The summed E-state index contributed by atoms with van der Waals surface area (Å²) in [6.45, 7) is 9.98. The molecule has 1 amide bonds. The van der Waals surface area contributed by atoms with Crippen molar-refractivity contribution >= 4 is 35.0 Å². The smallest absolute Gasteiger partial charge is 0.341 e. The standard InChI is InChI=1S/C29H31N3O3S/c1-6-35-29(34)26-23-11-7-8-13-25(23)36-28(26)32-18(3)14-21(20(32)5)15-22(16-30)27(33)31-24-12-9-10-17(2)19(24)4/h9-10,12,14-15H,6-8,11,13H2,1-5H3,(H,31,33)/b22-15+. The molecule has 0 radical (unpaired) electrons. The summed E-state index contributed by atoms with van der Waals surface area (Å²) in [6.07, 6.45) is 5.65. The van der Waals surface area contributed by atoms with Gasteiger partial charge >= 0.3 is 5.97 Å². The number of nitrogens with one attached hydrogen (secondary N) is 1. The van der Waals surface area contributed by atoms with Gasteiger partial charge in [0.1, 0.15) is 16.6 Å². The summed E-state index contributed by atoms with van der Waals surface area (Å²) in [5.41, 5.74) is 7.06. The molecule has 1 aliphatic carbocycles. The molecule has 6 nitrogen and oxygen atoms in total. The maximum Gasteiger partial charge on any atom is 0.341 e. The number of anilines is 1. The average Bonchev–Trinajstić information content (AvgIpc) is 3.36. The molecule has 0 atom stereocenters. The Morgan fingerprint density at radius 1 is 1.19 bits per heavy atom. The SMILES string of the molecule is CCOC(=O)c1c(-n2c(C)cc(/C=C(\C#N)C(=O)Nc3cccc(C)c3C)c2C)sc2c1CCCC2. The van der Waals surface area contributed by atoms with E-state index in [1.807, 2.05) is 58.9 Å². The number of carbonyl (C=O) groups is 2. The maximum atomic E-state index is 13.0. The molecule has 0 aliphatic heterocycles. The van der Waals surface area contributed by atoms with Gasteiger partial charge in [0.05, 0.1) is 12.2 Å². The van der Waals surface area contributed by atoms with Crippen molar-refractivity contribution in [2.45, 2.75) is 60.3 Å². The minimum atomic E-state index is -0.449. The van der Waals surface area contributed by atoms with Gasteiger partial charge in [-0.15, -0.1) is 11.3 Å². The Balaban J connectivity index is 1.74. The number of ether oxygens (including phenoxy) is 1. The van der Waals surface area contributed by atoms with Gasteiger partial charge in [-0.1, -0.05) is 12.1 Å². The van der Waals surface area contributed by atoms with Crippen LogP contribution in [0.5, 0.6) is 0 Å². The van der Waals surface area contributed by atoms with Crippen molar-refractivity contribution in [2.24, 2.45) is 0 Å². The van der Waals surface area contributed by atoms with Crippen LogP contribution in [0.3, 0.4) is 0 Å². The zero-order valence-corrected chi connectivity index (χ0v) is 22.3. The molecule has 7 heteroatoms. The van der Waals surface area contributed by atoms with Gasteiger partial charge < -0.3 is 14.6 Å². The lowest BCUT2D eigenvalue weighted by Gasteiger charge is -2.13. The molecule has 1 aliphatic rings. The second-order valence-electron chi connectivity index (χ2n) is 9.14. The third kappa shape index (κ3) is 4.74. The van der Waals surface area contributed by atoms with E-state index in [0.717, 1.165) is 64.3 Å². The van der Waals surface area contributed by atoms with Crippen LogP contribution in [0.4, 0.5) is 5.69 Å². The van der Waals surface area contributed by atoms with Gasteiger partial charge in [0.25, 0.3) is 5.91 Å². The third-order valence-corrected chi connectivity index (χ3v) is 8.10. The lowest BCUT2D eigenvalue weighted by Crippen LogP contribution is -2.14. The molecule has 0 saturated heterocycles. The van der Waals surface area contributed by atoms with Gasteiger partial charge in [0, 0.05) is 22.0 Å². The fraction of sp³-hybridized carbons (Fsp3) is 0.345. The van der Waals surface area contributed by atoms with Crippen molar-refractivity contribution in [3.63, 3.8) is 0 Å². The van der Waals surface area contributed by atoms with Crippen molar-refractivity contribution in [1.82, 2.24) is 4.57 Å². The number of hydrogen-bond donors (Lipinski definition) is 1. The number of rotatable bonds is 6. The summed E-state index contributed by atoms with van der Waals surface area (Å²) in [7, 11) is 0. The number of thiophene rings is 1. The topological polar surface area (TPSA) is 84.1 Å². The lowest BCUT2D eigenvalue weighted by atomic mass is 9.95. The number of amides is 1. The van der Waals surface area contributed by atoms with Crippen molar-refractivity contribution < 1.29 is 14.3 Å². The molecule has 0 spiro atoms. The highest BCUT2D eigenvalue weighted by molar-refractivity contribution is 7.15. The zero-order chi connectivity index (χ0) is 26.0. The number of benzene rings is 1. The van der Waals surface area contributed by atoms with Crippen LogP contribution in [-0.4, -0.2) is 23.1 Å². The molecule has 1 aromatic carbocycles. The van der Waals surface area contributed by atoms with Crippen molar-refractivity contribution in [1.29, 1.82) is 5.26 Å². The summed E-state index contributed by atoms with van der Waals surface area (Å²) in [5.74, 6) is -0.739. The molecule has 0 unspecified atom stereocenters. The lowest BCUT2D eigenvalue weighted by molar-refractivity contribution is -0.112. The van der Waals surface area contributed by atoms with Crippen molar-refractivity contribution in [3.05, 3.63) is 73.9 Å². The van der Waals surface area contributed by atoms with E-state index in [1.54, 1.807) is 17.4 Å². The minimum absolute atomic E-state index is 0.0206. The first kappa shape index (κ1) is 25.5. The number of fused-ring (bicyclic) bond motifs is 1. The number of aromatic nitrogens is 1. The van der Waals surface area contributed by atoms with Crippen LogP contribution in [0.1, 0.15) is 68.6 Å². The highest BCUT2D eigenvalue weighted by atomic mass is 32.1. The number of nitrogens with zero attached hydrogens (tertiary/aromatic N) is 2. The van der Waals surface area contributed by atoms with E-state index in [2.05, 4.69) is 16.0 Å². The van der Waals surface area contributed by atoms with Crippen molar-refractivity contribution in [3.8, 4) is 11.1 Å². The highest BCUT2D eigenvalue weighted by Crippen LogP contribution is 2.39. The first-order chi connectivity index (χ1) is 17.3. The number of nitriles is 1. The van der Waals surface area contributed by atoms with E-state index in [9.17, 15) is 14.9 Å². The monoisotopic (exact) mass is 501 g/mol. The first-order valence-corrected chi connectivity index (χ1v) is 13.1. The molecule has 2 aromatic heterocycles. The average molecular weight is 502 g/mol. The second-order valence-corrected chi connectivity index (χ2v) is 10.2. The van der Waals surface area contributed by atoms with Crippen LogP contribution in [0.15, 0.2) is 29.8 Å². The van der Waals surface area contributed by atoms with Crippen LogP contribution in [0.2, 0.25) is 0 Å². The van der Waals surface area contributed by atoms with Gasteiger partial charge in [-0.3, -0.25) is 4.79 Å². The van der Waals surface area contributed by atoms with Gasteiger partial charge in [0.2, 0.25) is 0 Å². The Labute approximate surface area is 216 Å². The summed E-state index contributed by atoms with van der Waals surface area (Å²) in [4.78, 5) is 27.2. The number of hydrogen-bond acceptors (Lipinski definition) is 5. The maximum absolute atomic E-state index is 13.0. The minimum Gasteiger partial charge on any atom is -0.462 e. The quantitative estimate of drug-likeness (QED) is 0.241. The summed E-state index contributed by atoms with van der Waals surface area (Å²) in [6, 6.07) is 9.69. The molecule has 186 valence electrons. The van der Waals surface area contributed by atoms with Gasteiger partial charge in [0.15, 0.2) is 0 Å². The largest absolute Gasteiger partial charge is 0.462 e. The number of aryl methyl sites for hydroxylation is 3. The van der Waals surface area contributed by atoms with Gasteiger partial charge in [-0.25, -0.2) is 4.79 Å². The Kier molecular flexibility index (Phi) is 7.46. The van der Waals surface area contributed by atoms with E-state index >= 15 is 0 Å². The van der Waals surface area contributed by atoms with Crippen LogP contribution in [0.25, 0.3) is 11.1 Å². The summed E-state index contributed by atoms with van der Waals surface area (Å²) < 4.78 is 7.49. The molecule has 4 rings (SSSR count). The van der Waals surface area contributed by atoms with Crippen LogP contribution >= 0.6 is 11.3 Å². The number of carbonyl (C=O) groups excluding carboxylic acids is 2. The molecule has 0 fully saturated rings. The highest BCUT2D eigenvalue weighted by Gasteiger charge is 2.28. The van der Waals surface area contributed by atoms with E-state index in [1.165, 1.54) is 4.88 Å². The predicted octanol–water partition coefficient (Wildman–Crippen LogP) is 6.37. The van der Waals surface area contributed by atoms with E-state index in [0.29, 0.717) is 17.9 Å². The normalized spacial score (nSPS) is 13.2. The third-order valence-electron chi connectivity index (χ3n) is 6.82. The number of esters is 1. The Hall–Kier alpha value is -3.63.